The van der Waals surface area contributed by atoms with Gasteiger partial charge in [-0.1, -0.05) is 0 Å². The molecule has 2 heterocycles. The van der Waals surface area contributed by atoms with Crippen molar-refractivity contribution in [3.8, 4) is 0 Å². The number of nitrogens with zero attached hydrogens (tertiary/aromatic N) is 1. The molecule has 0 aliphatic carbocycles. The van der Waals surface area contributed by atoms with Gasteiger partial charge in [0.05, 0.1) is 6.04 Å². The Morgan fingerprint density at radius 1 is 1.35 bits per heavy atom. The van der Waals surface area contributed by atoms with Gasteiger partial charge in [-0.25, -0.2) is 0 Å². The molecule has 0 bridgehead atoms. The molecule has 0 aromatic rings. The molecule has 2 N–H and O–H groups in total. The number of nitrogens with one attached hydrogen (secondary N) is 1. The number of amides is 1. The standard InChI is InChI=1S/C12H20N2O3/c15-11(16)4-3-9-5-7-14(8-9)12(17)10-2-1-6-13-10/h9-10,13H,1-8H2,(H,15,16)/t9?,10-/m0/s1. The molecule has 2 atom stereocenters. The Bertz CT molecular complexity index is 300. The molecule has 5 heteroatoms. The van der Waals surface area contributed by atoms with Crippen molar-refractivity contribution in [3.05, 3.63) is 0 Å². The largest absolute Gasteiger partial charge is 0.481 e. The molecule has 0 aromatic heterocycles. The van der Waals surface area contributed by atoms with E-state index in [9.17, 15) is 9.59 Å². The highest BCUT2D eigenvalue weighted by molar-refractivity contribution is 5.82. The third-order valence-electron chi connectivity index (χ3n) is 3.72. The van der Waals surface area contributed by atoms with Crippen LogP contribution in [0.3, 0.4) is 0 Å². The van der Waals surface area contributed by atoms with Gasteiger partial charge in [0, 0.05) is 19.5 Å². The maximum Gasteiger partial charge on any atom is 0.303 e. The van der Waals surface area contributed by atoms with Crippen LogP contribution in [0.1, 0.15) is 32.1 Å². The minimum absolute atomic E-state index is 0.00761. The molecule has 0 radical (unpaired) electrons. The van der Waals surface area contributed by atoms with E-state index in [-0.39, 0.29) is 18.4 Å². The van der Waals surface area contributed by atoms with Gasteiger partial charge >= 0.3 is 5.97 Å². The van der Waals surface area contributed by atoms with E-state index >= 15 is 0 Å². The van der Waals surface area contributed by atoms with Crippen LogP contribution in [0.4, 0.5) is 0 Å². The third kappa shape index (κ3) is 3.19. The van der Waals surface area contributed by atoms with Gasteiger partial charge in [0.1, 0.15) is 0 Å². The number of rotatable bonds is 4. The van der Waals surface area contributed by atoms with Crippen LogP contribution in [-0.4, -0.2) is 47.6 Å². The summed E-state index contributed by atoms with van der Waals surface area (Å²) in [5, 5.41) is 11.8. The monoisotopic (exact) mass is 240 g/mol. The molecule has 1 amide bonds. The van der Waals surface area contributed by atoms with Gasteiger partial charge in [-0.15, -0.1) is 0 Å². The quantitative estimate of drug-likeness (QED) is 0.748. The zero-order valence-corrected chi connectivity index (χ0v) is 10.0. The van der Waals surface area contributed by atoms with Gasteiger partial charge in [0.15, 0.2) is 0 Å². The van der Waals surface area contributed by atoms with Crippen LogP contribution < -0.4 is 5.32 Å². The van der Waals surface area contributed by atoms with Crippen molar-refractivity contribution in [2.24, 2.45) is 5.92 Å². The molecule has 0 saturated carbocycles. The summed E-state index contributed by atoms with van der Waals surface area (Å²) in [6.45, 7) is 2.47. The van der Waals surface area contributed by atoms with Crippen molar-refractivity contribution in [2.45, 2.75) is 38.1 Å². The van der Waals surface area contributed by atoms with Crippen molar-refractivity contribution >= 4 is 11.9 Å². The van der Waals surface area contributed by atoms with Gasteiger partial charge in [-0.3, -0.25) is 9.59 Å². The molecule has 5 nitrogen and oxygen atoms in total. The van der Waals surface area contributed by atoms with Crippen LogP contribution in [0.2, 0.25) is 0 Å². The van der Waals surface area contributed by atoms with E-state index in [0.29, 0.717) is 12.3 Å². The van der Waals surface area contributed by atoms with Crippen LogP contribution in [-0.2, 0) is 9.59 Å². The number of carbonyl (C=O) groups excluding carboxylic acids is 1. The first kappa shape index (κ1) is 12.4. The maximum atomic E-state index is 12.1. The van der Waals surface area contributed by atoms with Crippen LogP contribution in [0, 0.1) is 5.92 Å². The second-order valence-corrected chi connectivity index (χ2v) is 5.02. The van der Waals surface area contributed by atoms with Gasteiger partial charge in [0.25, 0.3) is 0 Å². The van der Waals surface area contributed by atoms with E-state index in [1.165, 1.54) is 0 Å². The minimum atomic E-state index is -0.743. The van der Waals surface area contributed by atoms with Crippen molar-refractivity contribution < 1.29 is 14.7 Å². The average Bonchev–Trinajstić information content (AvgIpc) is 2.97. The van der Waals surface area contributed by atoms with Crippen molar-refractivity contribution in [3.63, 3.8) is 0 Å². The zero-order chi connectivity index (χ0) is 12.3. The van der Waals surface area contributed by atoms with Gasteiger partial charge in [-0.2, -0.15) is 0 Å². The fourth-order valence-corrected chi connectivity index (χ4v) is 2.71. The van der Waals surface area contributed by atoms with Crippen molar-refractivity contribution in [1.82, 2.24) is 10.2 Å². The van der Waals surface area contributed by atoms with E-state index in [0.717, 1.165) is 38.9 Å². The first-order valence-electron chi connectivity index (χ1n) is 6.41. The van der Waals surface area contributed by atoms with E-state index in [1.807, 2.05) is 4.90 Å². The van der Waals surface area contributed by atoms with Gasteiger partial charge in [-0.05, 0) is 38.1 Å². The highest BCUT2D eigenvalue weighted by Gasteiger charge is 2.31. The van der Waals surface area contributed by atoms with Crippen molar-refractivity contribution in [1.29, 1.82) is 0 Å². The second-order valence-electron chi connectivity index (χ2n) is 5.02. The smallest absolute Gasteiger partial charge is 0.303 e. The molecule has 2 aliphatic rings. The lowest BCUT2D eigenvalue weighted by Crippen LogP contribution is -2.42. The molecule has 0 spiro atoms. The molecule has 2 aliphatic heterocycles. The van der Waals surface area contributed by atoms with Crippen LogP contribution >= 0.6 is 0 Å². The molecule has 1 unspecified atom stereocenters. The van der Waals surface area contributed by atoms with E-state index in [4.69, 9.17) is 5.11 Å². The van der Waals surface area contributed by atoms with Gasteiger partial charge < -0.3 is 15.3 Å². The Morgan fingerprint density at radius 3 is 2.82 bits per heavy atom. The van der Waals surface area contributed by atoms with E-state index in [1.54, 1.807) is 0 Å². The predicted molar refractivity (Wildman–Crippen MR) is 62.6 cm³/mol. The minimum Gasteiger partial charge on any atom is -0.481 e. The summed E-state index contributed by atoms with van der Waals surface area (Å²) in [7, 11) is 0. The third-order valence-corrected chi connectivity index (χ3v) is 3.72. The summed E-state index contributed by atoms with van der Waals surface area (Å²) in [4.78, 5) is 24.5. The average molecular weight is 240 g/mol. The van der Waals surface area contributed by atoms with Gasteiger partial charge in [0.2, 0.25) is 5.91 Å². The fraction of sp³-hybridized carbons (Fsp3) is 0.833. The Morgan fingerprint density at radius 2 is 2.18 bits per heavy atom. The number of carboxylic acid groups (broad SMARTS) is 1. The highest BCUT2D eigenvalue weighted by Crippen LogP contribution is 2.22. The lowest BCUT2D eigenvalue weighted by atomic mass is 10.0. The molecule has 96 valence electrons. The van der Waals surface area contributed by atoms with Crippen molar-refractivity contribution in [2.75, 3.05) is 19.6 Å². The topological polar surface area (TPSA) is 69.6 Å². The number of hydrogen-bond donors (Lipinski definition) is 2. The van der Waals surface area contributed by atoms with E-state index < -0.39 is 5.97 Å². The Labute approximate surface area is 101 Å². The first-order chi connectivity index (χ1) is 8.16. The Hall–Kier alpha value is -1.10. The normalized spacial score (nSPS) is 28.6. The fourth-order valence-electron chi connectivity index (χ4n) is 2.71. The Balaban J connectivity index is 1.76. The number of hydrogen-bond acceptors (Lipinski definition) is 3. The molecule has 0 aromatic carbocycles. The molecule has 17 heavy (non-hydrogen) atoms. The second kappa shape index (κ2) is 5.49. The summed E-state index contributed by atoms with van der Waals surface area (Å²) in [6, 6.07) is 0.00761. The van der Waals surface area contributed by atoms with Crippen LogP contribution in [0.5, 0.6) is 0 Å². The van der Waals surface area contributed by atoms with E-state index in [2.05, 4.69) is 5.32 Å². The SMILES string of the molecule is O=C(O)CCC1CCN(C(=O)[C@@H]2CCCN2)C1. The summed E-state index contributed by atoms with van der Waals surface area (Å²) in [6.07, 6.45) is 3.87. The number of carbonyl (C=O) groups is 2. The molecule has 2 saturated heterocycles. The Kier molecular flexibility index (Phi) is 3.99. The molecular formula is C12H20N2O3. The van der Waals surface area contributed by atoms with Crippen LogP contribution in [0.25, 0.3) is 0 Å². The zero-order valence-electron chi connectivity index (χ0n) is 10.0. The summed E-state index contributed by atoms with van der Waals surface area (Å²) < 4.78 is 0. The first-order valence-corrected chi connectivity index (χ1v) is 6.41. The summed E-state index contributed by atoms with van der Waals surface area (Å²) in [5.74, 6) is -0.163. The number of carboxylic acids is 1. The number of aliphatic carboxylic acids is 1. The number of likely N-dealkylation sites (tertiary alicyclic amines) is 1. The lowest BCUT2D eigenvalue weighted by molar-refractivity contribution is -0.137. The molecule has 2 fully saturated rings. The summed E-state index contributed by atoms with van der Waals surface area (Å²) in [5.41, 5.74) is 0. The predicted octanol–water partition coefficient (Wildman–Crippen LogP) is 0.452. The highest BCUT2D eigenvalue weighted by atomic mass is 16.4. The molecule has 2 rings (SSSR count). The van der Waals surface area contributed by atoms with Crippen LogP contribution in [0.15, 0.2) is 0 Å². The lowest BCUT2D eigenvalue weighted by Gasteiger charge is -2.20. The maximum absolute atomic E-state index is 12.1. The molecular weight excluding hydrogens is 220 g/mol. The summed E-state index contributed by atoms with van der Waals surface area (Å²) >= 11 is 0.